The molecule has 5 nitrogen and oxygen atoms in total. The van der Waals surface area contributed by atoms with Gasteiger partial charge < -0.3 is 9.64 Å². The number of hydrogen-bond acceptors (Lipinski definition) is 4. The van der Waals surface area contributed by atoms with Gasteiger partial charge in [-0.3, -0.25) is 4.57 Å². The molecule has 0 saturated carbocycles. The fourth-order valence-electron chi connectivity index (χ4n) is 2.50. The largest absolute Gasteiger partial charge is 0.497 e. The molecule has 0 bridgehead atoms. The van der Waals surface area contributed by atoms with E-state index in [-0.39, 0.29) is 5.82 Å². The number of methoxy groups -OCH3 is 1. The molecule has 1 aromatic heterocycles. The molecule has 0 atom stereocenters. The summed E-state index contributed by atoms with van der Waals surface area (Å²) in [5, 5.41) is 8.55. The molecule has 1 heterocycles. The van der Waals surface area contributed by atoms with Crippen LogP contribution in [0.25, 0.3) is 0 Å². The third-order valence-corrected chi connectivity index (χ3v) is 3.98. The van der Waals surface area contributed by atoms with E-state index in [1.54, 1.807) is 19.2 Å². The highest BCUT2D eigenvalue weighted by atomic mass is 19.1. The minimum absolute atomic E-state index is 0.259. The normalized spacial score (nSPS) is 10.7. The van der Waals surface area contributed by atoms with Crippen molar-refractivity contribution in [3.8, 4) is 5.75 Å². The van der Waals surface area contributed by atoms with Gasteiger partial charge in [-0.1, -0.05) is 12.1 Å². The van der Waals surface area contributed by atoms with E-state index >= 15 is 0 Å². The van der Waals surface area contributed by atoms with Crippen LogP contribution in [0, 0.1) is 5.82 Å². The molecule has 0 spiro atoms. The molecule has 0 radical (unpaired) electrons. The lowest BCUT2D eigenvalue weighted by molar-refractivity contribution is 0.414. The van der Waals surface area contributed by atoms with Gasteiger partial charge in [-0.2, -0.15) is 0 Å². The highest BCUT2D eigenvalue weighted by Crippen LogP contribution is 2.23. The lowest BCUT2D eigenvalue weighted by Gasteiger charge is -2.18. The van der Waals surface area contributed by atoms with Gasteiger partial charge in [0.25, 0.3) is 0 Å². The fraction of sp³-hybridized carbons (Fsp3) is 0.222. The van der Waals surface area contributed by atoms with Gasteiger partial charge in [0.05, 0.1) is 7.11 Å². The summed E-state index contributed by atoms with van der Waals surface area (Å²) in [7, 11) is 5.46. The molecular formula is C18H19FN4O. The first kappa shape index (κ1) is 16.0. The number of benzene rings is 2. The monoisotopic (exact) mass is 326 g/mol. The molecule has 24 heavy (non-hydrogen) atoms. The number of ether oxygens (including phenoxy) is 1. The average molecular weight is 326 g/mol. The third kappa shape index (κ3) is 3.22. The molecule has 0 N–H and O–H groups in total. The molecule has 2 aromatic carbocycles. The molecule has 3 rings (SSSR count). The Kier molecular flexibility index (Phi) is 4.46. The summed E-state index contributed by atoms with van der Waals surface area (Å²) in [5.41, 5.74) is 1.98. The van der Waals surface area contributed by atoms with E-state index in [1.807, 2.05) is 47.8 Å². The average Bonchev–Trinajstić information content (AvgIpc) is 2.96. The molecule has 6 heteroatoms. The van der Waals surface area contributed by atoms with Gasteiger partial charge in [0.1, 0.15) is 17.4 Å². The van der Waals surface area contributed by atoms with Crippen LogP contribution < -0.4 is 9.64 Å². The van der Waals surface area contributed by atoms with Crippen molar-refractivity contribution in [2.45, 2.75) is 6.42 Å². The highest BCUT2D eigenvalue weighted by molar-refractivity contribution is 5.56. The second kappa shape index (κ2) is 6.70. The first-order chi connectivity index (χ1) is 11.6. The second-order valence-corrected chi connectivity index (χ2v) is 5.54. The Balaban J connectivity index is 1.81. The molecule has 0 aliphatic rings. The summed E-state index contributed by atoms with van der Waals surface area (Å²) in [6.07, 6.45) is 0.671. The Bertz CT molecular complexity index is 812. The summed E-state index contributed by atoms with van der Waals surface area (Å²) in [6, 6.07) is 14.2. The van der Waals surface area contributed by atoms with E-state index in [4.69, 9.17) is 4.74 Å². The molecule has 0 aliphatic carbocycles. The minimum atomic E-state index is -0.259. The molecule has 0 fully saturated rings. The molecule has 124 valence electrons. The number of hydrogen-bond donors (Lipinski definition) is 0. The smallest absolute Gasteiger partial charge is 0.231 e. The number of rotatable bonds is 5. The molecule has 0 unspecified atom stereocenters. The van der Waals surface area contributed by atoms with Crippen molar-refractivity contribution in [3.63, 3.8) is 0 Å². The Labute approximate surface area is 140 Å². The predicted molar refractivity (Wildman–Crippen MR) is 91.3 cm³/mol. The van der Waals surface area contributed by atoms with Crippen molar-refractivity contribution in [1.29, 1.82) is 0 Å². The van der Waals surface area contributed by atoms with Crippen molar-refractivity contribution < 1.29 is 9.13 Å². The van der Waals surface area contributed by atoms with Crippen LogP contribution in [-0.4, -0.2) is 28.9 Å². The molecule has 3 aromatic rings. The van der Waals surface area contributed by atoms with Crippen LogP contribution in [0.2, 0.25) is 0 Å². The van der Waals surface area contributed by atoms with E-state index in [0.29, 0.717) is 12.4 Å². The predicted octanol–water partition coefficient (Wildman–Crippen LogP) is 3.32. The second-order valence-electron chi connectivity index (χ2n) is 5.54. The van der Waals surface area contributed by atoms with Crippen LogP contribution in [-0.2, 0) is 13.5 Å². The fourth-order valence-corrected chi connectivity index (χ4v) is 2.50. The number of anilines is 2. The molecule has 0 aliphatic heterocycles. The summed E-state index contributed by atoms with van der Waals surface area (Å²) >= 11 is 0. The van der Waals surface area contributed by atoms with Crippen molar-refractivity contribution in [2.75, 3.05) is 19.1 Å². The van der Waals surface area contributed by atoms with E-state index < -0.39 is 0 Å². The minimum Gasteiger partial charge on any atom is -0.497 e. The van der Waals surface area contributed by atoms with Crippen molar-refractivity contribution in [2.24, 2.45) is 7.05 Å². The van der Waals surface area contributed by atoms with Crippen LogP contribution >= 0.6 is 0 Å². The zero-order valence-electron chi connectivity index (χ0n) is 13.9. The van der Waals surface area contributed by atoms with Crippen LogP contribution in [0.1, 0.15) is 11.4 Å². The van der Waals surface area contributed by atoms with Crippen molar-refractivity contribution >= 4 is 11.6 Å². The maximum absolute atomic E-state index is 13.1. The Morgan fingerprint density at radius 3 is 2.33 bits per heavy atom. The molecule has 0 amide bonds. The Morgan fingerprint density at radius 1 is 1.04 bits per heavy atom. The zero-order valence-corrected chi connectivity index (χ0v) is 13.9. The van der Waals surface area contributed by atoms with Crippen LogP contribution in [0.3, 0.4) is 0 Å². The van der Waals surface area contributed by atoms with E-state index in [0.717, 1.165) is 22.8 Å². The first-order valence-corrected chi connectivity index (χ1v) is 7.59. The quantitative estimate of drug-likeness (QED) is 0.721. The standard InChI is InChI=1S/C18H19FN4O/c1-22(15-8-6-14(19)7-9-15)18-21-20-17(23(18)2)12-13-4-10-16(24-3)11-5-13/h4-11H,12H2,1-3H3. The maximum atomic E-state index is 13.1. The third-order valence-electron chi connectivity index (χ3n) is 3.98. The van der Waals surface area contributed by atoms with Gasteiger partial charge in [0.15, 0.2) is 0 Å². The van der Waals surface area contributed by atoms with Crippen LogP contribution in [0.15, 0.2) is 48.5 Å². The zero-order chi connectivity index (χ0) is 17.1. The van der Waals surface area contributed by atoms with Gasteiger partial charge >= 0.3 is 0 Å². The van der Waals surface area contributed by atoms with Gasteiger partial charge in [-0.05, 0) is 42.0 Å². The van der Waals surface area contributed by atoms with E-state index in [9.17, 15) is 4.39 Å². The topological polar surface area (TPSA) is 43.2 Å². The lowest BCUT2D eigenvalue weighted by Crippen LogP contribution is -2.15. The Hall–Kier alpha value is -2.89. The van der Waals surface area contributed by atoms with Crippen LogP contribution in [0.4, 0.5) is 16.0 Å². The highest BCUT2D eigenvalue weighted by Gasteiger charge is 2.14. The van der Waals surface area contributed by atoms with Gasteiger partial charge in [-0.25, -0.2) is 4.39 Å². The van der Waals surface area contributed by atoms with Crippen molar-refractivity contribution in [3.05, 3.63) is 65.7 Å². The number of aromatic nitrogens is 3. The van der Waals surface area contributed by atoms with Crippen molar-refractivity contribution in [1.82, 2.24) is 14.8 Å². The maximum Gasteiger partial charge on any atom is 0.231 e. The summed E-state index contributed by atoms with van der Waals surface area (Å²) < 4.78 is 20.2. The van der Waals surface area contributed by atoms with E-state index in [2.05, 4.69) is 10.2 Å². The van der Waals surface area contributed by atoms with Gasteiger partial charge in [0.2, 0.25) is 5.95 Å². The lowest BCUT2D eigenvalue weighted by atomic mass is 10.1. The van der Waals surface area contributed by atoms with Gasteiger partial charge in [-0.15, -0.1) is 10.2 Å². The van der Waals surface area contributed by atoms with Crippen LogP contribution in [0.5, 0.6) is 5.75 Å². The summed E-state index contributed by atoms with van der Waals surface area (Å²) in [6.45, 7) is 0. The SMILES string of the molecule is COc1ccc(Cc2nnc(N(C)c3ccc(F)cc3)n2C)cc1. The summed E-state index contributed by atoms with van der Waals surface area (Å²) in [4.78, 5) is 1.88. The molecular weight excluding hydrogens is 307 g/mol. The molecule has 0 saturated heterocycles. The van der Waals surface area contributed by atoms with Gasteiger partial charge in [0, 0.05) is 26.2 Å². The summed E-state index contributed by atoms with van der Waals surface area (Å²) in [5.74, 6) is 2.12. The van der Waals surface area contributed by atoms with E-state index in [1.165, 1.54) is 12.1 Å². The number of nitrogens with zero attached hydrogens (tertiary/aromatic N) is 4. The number of halogens is 1. The first-order valence-electron chi connectivity index (χ1n) is 7.59. The Morgan fingerprint density at radius 2 is 1.71 bits per heavy atom.